The van der Waals surface area contributed by atoms with E-state index < -0.39 is 0 Å². The maximum atomic E-state index is 5.90. The van der Waals surface area contributed by atoms with E-state index in [4.69, 9.17) is 5.73 Å². The molecule has 17 heavy (non-hydrogen) atoms. The van der Waals surface area contributed by atoms with Gasteiger partial charge >= 0.3 is 0 Å². The van der Waals surface area contributed by atoms with Gasteiger partial charge in [-0.15, -0.1) is 11.8 Å². The zero-order valence-corrected chi connectivity index (χ0v) is 13.0. The van der Waals surface area contributed by atoms with Crippen molar-refractivity contribution in [2.45, 2.75) is 29.9 Å². The van der Waals surface area contributed by atoms with Crippen LogP contribution in [0.3, 0.4) is 0 Å². The zero-order chi connectivity index (χ0) is 12.5. The summed E-state index contributed by atoms with van der Waals surface area (Å²) in [6, 6.07) is 0. The highest BCUT2D eigenvalue weighted by atomic mass is 32.2. The van der Waals surface area contributed by atoms with Gasteiger partial charge in [0, 0.05) is 23.6 Å². The molecule has 6 heteroatoms. The van der Waals surface area contributed by atoms with Crippen LogP contribution in [0.1, 0.15) is 20.3 Å². The SMILES string of the molecule is CSc1c(N)nsc1N1CCSC(C)(C)CC1. The topological polar surface area (TPSA) is 42.1 Å². The Morgan fingerprint density at radius 2 is 2.18 bits per heavy atom. The van der Waals surface area contributed by atoms with Crippen LogP contribution in [0.15, 0.2) is 4.90 Å². The van der Waals surface area contributed by atoms with Crippen molar-refractivity contribution in [1.82, 2.24) is 4.37 Å². The molecule has 0 unspecified atom stereocenters. The van der Waals surface area contributed by atoms with E-state index in [1.54, 1.807) is 11.8 Å². The second-order valence-corrected chi connectivity index (χ2v) is 8.12. The first-order valence-corrected chi connectivity index (χ1v) is 8.70. The van der Waals surface area contributed by atoms with Crippen molar-refractivity contribution < 1.29 is 0 Å². The summed E-state index contributed by atoms with van der Waals surface area (Å²) in [6.45, 7) is 6.87. The average Bonchev–Trinajstić information content (AvgIpc) is 2.54. The zero-order valence-electron chi connectivity index (χ0n) is 10.5. The van der Waals surface area contributed by atoms with Crippen molar-refractivity contribution in [3.8, 4) is 0 Å². The summed E-state index contributed by atoms with van der Waals surface area (Å²) in [5, 5.41) is 1.26. The molecule has 1 aliphatic heterocycles. The van der Waals surface area contributed by atoms with E-state index in [1.807, 2.05) is 0 Å². The molecule has 1 aromatic heterocycles. The molecule has 1 saturated heterocycles. The summed E-state index contributed by atoms with van der Waals surface area (Å²) in [4.78, 5) is 3.60. The van der Waals surface area contributed by atoms with Gasteiger partial charge in [-0.2, -0.15) is 16.1 Å². The van der Waals surface area contributed by atoms with E-state index in [0.717, 1.165) is 18.0 Å². The molecule has 96 valence electrons. The van der Waals surface area contributed by atoms with E-state index in [1.165, 1.54) is 28.7 Å². The molecule has 1 fully saturated rings. The third-order valence-electron chi connectivity index (χ3n) is 2.99. The molecule has 1 aromatic rings. The summed E-state index contributed by atoms with van der Waals surface area (Å²) < 4.78 is 4.67. The lowest BCUT2D eigenvalue weighted by molar-refractivity contribution is 0.638. The highest BCUT2D eigenvalue weighted by molar-refractivity contribution is 8.00. The molecule has 3 nitrogen and oxygen atoms in total. The van der Waals surface area contributed by atoms with Crippen molar-refractivity contribution in [3.63, 3.8) is 0 Å². The molecular formula is C11H19N3S3. The van der Waals surface area contributed by atoms with E-state index in [-0.39, 0.29) is 0 Å². The average molecular weight is 289 g/mol. The van der Waals surface area contributed by atoms with Gasteiger partial charge in [-0.25, -0.2) is 0 Å². The van der Waals surface area contributed by atoms with Crippen LogP contribution in [0.5, 0.6) is 0 Å². The fourth-order valence-corrected chi connectivity index (χ4v) is 4.74. The van der Waals surface area contributed by atoms with Gasteiger partial charge in [0.1, 0.15) is 5.00 Å². The van der Waals surface area contributed by atoms with Crippen LogP contribution < -0.4 is 10.6 Å². The summed E-state index contributed by atoms with van der Waals surface area (Å²) >= 11 is 5.31. The number of hydrogen-bond donors (Lipinski definition) is 1. The number of thioether (sulfide) groups is 2. The van der Waals surface area contributed by atoms with Gasteiger partial charge in [0.15, 0.2) is 5.82 Å². The van der Waals surface area contributed by atoms with Gasteiger partial charge in [0.05, 0.1) is 4.90 Å². The molecule has 0 aliphatic carbocycles. The fraction of sp³-hybridized carbons (Fsp3) is 0.727. The second kappa shape index (κ2) is 5.28. The van der Waals surface area contributed by atoms with Crippen molar-refractivity contribution in [3.05, 3.63) is 0 Å². The molecule has 2 heterocycles. The Bertz CT molecular complexity index is 389. The number of rotatable bonds is 2. The van der Waals surface area contributed by atoms with Gasteiger partial charge in [0.25, 0.3) is 0 Å². The summed E-state index contributed by atoms with van der Waals surface area (Å²) in [7, 11) is 0. The van der Waals surface area contributed by atoms with E-state index in [0.29, 0.717) is 10.6 Å². The summed E-state index contributed by atoms with van der Waals surface area (Å²) in [5.74, 6) is 1.87. The van der Waals surface area contributed by atoms with Crippen LogP contribution in [-0.2, 0) is 0 Å². The summed E-state index contributed by atoms with van der Waals surface area (Å²) in [5.41, 5.74) is 5.90. The van der Waals surface area contributed by atoms with Gasteiger partial charge in [0.2, 0.25) is 0 Å². The van der Waals surface area contributed by atoms with E-state index >= 15 is 0 Å². The Kier molecular flexibility index (Phi) is 4.15. The molecule has 0 spiro atoms. The minimum atomic E-state index is 0.393. The van der Waals surface area contributed by atoms with E-state index in [2.05, 4.69) is 41.1 Å². The van der Waals surface area contributed by atoms with Gasteiger partial charge in [-0.1, -0.05) is 13.8 Å². The second-order valence-electron chi connectivity index (χ2n) is 4.75. The minimum absolute atomic E-state index is 0.393. The molecule has 0 bridgehead atoms. The number of aromatic nitrogens is 1. The Balaban J connectivity index is 2.17. The van der Waals surface area contributed by atoms with Crippen molar-refractivity contribution in [2.24, 2.45) is 0 Å². The first kappa shape index (κ1) is 13.4. The van der Waals surface area contributed by atoms with Gasteiger partial charge in [-0.05, 0) is 24.2 Å². The number of nitrogen functional groups attached to an aromatic ring is 1. The van der Waals surface area contributed by atoms with Crippen molar-refractivity contribution >= 4 is 45.9 Å². The Morgan fingerprint density at radius 1 is 1.41 bits per heavy atom. The lowest BCUT2D eigenvalue weighted by Gasteiger charge is -2.23. The number of nitrogens with zero attached hydrogens (tertiary/aromatic N) is 2. The molecular weight excluding hydrogens is 270 g/mol. The lowest BCUT2D eigenvalue weighted by Crippen LogP contribution is -2.26. The first-order chi connectivity index (χ1) is 8.03. The monoisotopic (exact) mass is 289 g/mol. The molecule has 0 amide bonds. The number of hydrogen-bond acceptors (Lipinski definition) is 6. The van der Waals surface area contributed by atoms with Gasteiger partial charge in [-0.3, -0.25) is 0 Å². The highest BCUT2D eigenvalue weighted by Crippen LogP contribution is 2.40. The van der Waals surface area contributed by atoms with Crippen LogP contribution in [0.4, 0.5) is 10.8 Å². The maximum Gasteiger partial charge on any atom is 0.153 e. The third-order valence-corrected chi connectivity index (χ3v) is 6.22. The largest absolute Gasteiger partial charge is 0.382 e. The molecule has 0 saturated carbocycles. The fourth-order valence-electron chi connectivity index (χ4n) is 1.90. The predicted molar refractivity (Wildman–Crippen MR) is 81.7 cm³/mol. The normalized spacial score (nSPS) is 20.3. The molecule has 2 rings (SSSR count). The van der Waals surface area contributed by atoms with Crippen LogP contribution in [-0.4, -0.2) is 34.2 Å². The summed E-state index contributed by atoms with van der Waals surface area (Å²) in [6.07, 6.45) is 3.28. The Morgan fingerprint density at radius 3 is 2.88 bits per heavy atom. The molecule has 0 radical (unpaired) electrons. The maximum absolute atomic E-state index is 5.90. The minimum Gasteiger partial charge on any atom is -0.382 e. The van der Waals surface area contributed by atoms with Crippen LogP contribution in [0.25, 0.3) is 0 Å². The first-order valence-electron chi connectivity index (χ1n) is 5.71. The van der Waals surface area contributed by atoms with Crippen LogP contribution >= 0.6 is 35.1 Å². The number of nitrogens with two attached hydrogens (primary N) is 1. The van der Waals surface area contributed by atoms with E-state index in [9.17, 15) is 0 Å². The molecule has 0 atom stereocenters. The van der Waals surface area contributed by atoms with Crippen molar-refractivity contribution in [1.29, 1.82) is 0 Å². The van der Waals surface area contributed by atoms with Crippen LogP contribution in [0, 0.1) is 0 Å². The smallest absolute Gasteiger partial charge is 0.153 e. The molecule has 1 aliphatic rings. The standard InChI is InChI=1S/C11H19N3S3/c1-11(2)4-5-14(6-7-16-11)10-8(15-3)9(12)13-17-10/h4-7H2,1-3H3,(H2,12,13). The Hall–Kier alpha value is -0.0700. The van der Waals surface area contributed by atoms with Crippen molar-refractivity contribution in [2.75, 3.05) is 35.7 Å². The Labute approximate surface area is 116 Å². The molecule has 2 N–H and O–H groups in total. The van der Waals surface area contributed by atoms with Gasteiger partial charge < -0.3 is 10.6 Å². The lowest BCUT2D eigenvalue weighted by atomic mass is 10.1. The molecule has 0 aromatic carbocycles. The highest BCUT2D eigenvalue weighted by Gasteiger charge is 2.26. The van der Waals surface area contributed by atoms with Crippen LogP contribution in [0.2, 0.25) is 0 Å². The quantitative estimate of drug-likeness (QED) is 0.847. The number of anilines is 2. The third kappa shape index (κ3) is 3.03. The predicted octanol–water partition coefficient (Wildman–Crippen LogP) is 3.17.